The molecule has 0 bridgehead atoms. The van der Waals surface area contributed by atoms with E-state index in [2.05, 4.69) is 114 Å². The van der Waals surface area contributed by atoms with Crippen molar-refractivity contribution in [3.63, 3.8) is 0 Å². The summed E-state index contributed by atoms with van der Waals surface area (Å²) in [5.74, 6) is 1.85. The van der Waals surface area contributed by atoms with Gasteiger partial charge < -0.3 is 13.4 Å². The van der Waals surface area contributed by atoms with Crippen LogP contribution in [0.25, 0.3) is 117 Å². The van der Waals surface area contributed by atoms with Crippen LogP contribution in [0.3, 0.4) is 0 Å². The summed E-state index contributed by atoms with van der Waals surface area (Å²) in [7, 11) is 0. The minimum absolute atomic E-state index is 0.601. The Morgan fingerprint density at radius 3 is 1.53 bits per heavy atom. The summed E-state index contributed by atoms with van der Waals surface area (Å²) in [6.45, 7) is 0. The molecule has 0 saturated heterocycles. The van der Waals surface area contributed by atoms with Crippen LogP contribution in [-0.4, -0.2) is 19.5 Å². The van der Waals surface area contributed by atoms with Crippen LogP contribution in [-0.2, 0) is 0 Å². The highest BCUT2D eigenvalue weighted by atomic mass is 16.3. The summed E-state index contributed by atoms with van der Waals surface area (Å²) in [6.07, 6.45) is 0. The summed E-state index contributed by atoms with van der Waals surface area (Å²) in [5, 5.41) is 6.59. The van der Waals surface area contributed by atoms with E-state index in [9.17, 15) is 0 Å². The van der Waals surface area contributed by atoms with Gasteiger partial charge in [0.05, 0.1) is 16.7 Å². The van der Waals surface area contributed by atoms with Crippen LogP contribution in [0.2, 0.25) is 0 Å². The highest BCUT2D eigenvalue weighted by Crippen LogP contribution is 2.43. The maximum atomic E-state index is 6.80. The van der Waals surface area contributed by atoms with E-state index in [0.29, 0.717) is 17.5 Å². The van der Waals surface area contributed by atoms with Crippen LogP contribution in [0, 0.1) is 0 Å². The van der Waals surface area contributed by atoms with Crippen LogP contribution >= 0.6 is 0 Å². The van der Waals surface area contributed by atoms with Crippen molar-refractivity contribution < 1.29 is 8.83 Å². The van der Waals surface area contributed by atoms with Crippen molar-refractivity contribution in [3.8, 4) is 51.0 Å². The Balaban J connectivity index is 1.02. The first kappa shape index (κ1) is 31.5. The molecule has 0 N–H and O–H groups in total. The Bertz CT molecular complexity index is 3410. The average molecular weight is 731 g/mol. The van der Waals surface area contributed by atoms with Crippen LogP contribution < -0.4 is 0 Å². The first-order valence-electron chi connectivity index (χ1n) is 19.0. The Labute approximate surface area is 325 Å². The fourth-order valence-corrected chi connectivity index (χ4v) is 8.45. The molecule has 6 heteroatoms. The minimum atomic E-state index is 0.601. The first-order valence-corrected chi connectivity index (χ1v) is 19.0. The molecule has 12 rings (SSSR count). The SMILES string of the molecule is c1ccc(-c2nc(-c3ccccc3)nc(-c3ccc4oc5ccc(-c6cccc7oc8c(-n9c%10ccccc%10c%10ccccc%109)cccc8c67)cc5c4c3)n2)cc1. The van der Waals surface area contributed by atoms with E-state index in [0.717, 1.165) is 88.4 Å². The molecular formula is C51H30N4O2. The van der Waals surface area contributed by atoms with Crippen molar-refractivity contribution in [1.82, 2.24) is 19.5 Å². The molecule has 57 heavy (non-hydrogen) atoms. The van der Waals surface area contributed by atoms with E-state index in [-0.39, 0.29) is 0 Å². The van der Waals surface area contributed by atoms with Gasteiger partial charge in [0.2, 0.25) is 0 Å². The van der Waals surface area contributed by atoms with Crippen molar-refractivity contribution >= 4 is 65.7 Å². The second-order valence-corrected chi connectivity index (χ2v) is 14.4. The van der Waals surface area contributed by atoms with Gasteiger partial charge in [0.25, 0.3) is 0 Å². The van der Waals surface area contributed by atoms with E-state index >= 15 is 0 Å². The predicted molar refractivity (Wildman–Crippen MR) is 230 cm³/mol. The Kier molecular flexibility index (Phi) is 6.83. The molecule has 0 unspecified atom stereocenters. The van der Waals surface area contributed by atoms with Crippen LogP contribution in [0.5, 0.6) is 0 Å². The summed E-state index contributed by atoms with van der Waals surface area (Å²) in [6, 6.07) is 62.6. The van der Waals surface area contributed by atoms with Gasteiger partial charge in [0.15, 0.2) is 23.1 Å². The monoisotopic (exact) mass is 730 g/mol. The lowest BCUT2D eigenvalue weighted by molar-refractivity contribution is 0.666. The molecule has 4 aromatic heterocycles. The molecule has 0 spiro atoms. The van der Waals surface area contributed by atoms with Gasteiger partial charge in [-0.3, -0.25) is 0 Å². The number of hydrogen-bond acceptors (Lipinski definition) is 5. The van der Waals surface area contributed by atoms with Crippen molar-refractivity contribution in [2.45, 2.75) is 0 Å². The summed E-state index contributed by atoms with van der Waals surface area (Å²) >= 11 is 0. The number of fused-ring (bicyclic) bond motifs is 9. The van der Waals surface area contributed by atoms with Gasteiger partial charge in [-0.2, -0.15) is 0 Å². The number of rotatable bonds is 5. The quantitative estimate of drug-likeness (QED) is 0.176. The number of furan rings is 2. The zero-order valence-electron chi connectivity index (χ0n) is 30.4. The molecule has 12 aromatic rings. The standard InChI is InChI=1S/C51H30N4O2/c1-3-13-31(14-4-1)49-52-50(32-15-5-2-6-16-32)54-51(53-49)34-26-28-45-40(30-34)39-29-33(25-27-44(39)56-45)35-19-12-24-46-47(35)38-20-11-23-43(48(38)57-46)55-41-21-9-7-17-36(41)37-18-8-10-22-42(37)55/h1-30H. The third kappa shape index (κ3) is 4.94. The molecule has 6 nitrogen and oxygen atoms in total. The molecule has 0 atom stereocenters. The molecular weight excluding hydrogens is 701 g/mol. The minimum Gasteiger partial charge on any atom is -0.456 e. The third-order valence-corrected chi connectivity index (χ3v) is 11.1. The van der Waals surface area contributed by atoms with Crippen molar-refractivity contribution in [2.24, 2.45) is 0 Å². The van der Waals surface area contributed by atoms with E-state index in [1.165, 1.54) is 10.8 Å². The zero-order valence-corrected chi connectivity index (χ0v) is 30.4. The largest absolute Gasteiger partial charge is 0.456 e. The van der Waals surface area contributed by atoms with E-state index in [1.807, 2.05) is 72.8 Å². The number of para-hydroxylation sites is 3. The van der Waals surface area contributed by atoms with Gasteiger partial charge in [0, 0.05) is 49.0 Å². The molecule has 0 amide bonds. The lowest BCUT2D eigenvalue weighted by Gasteiger charge is -2.09. The Morgan fingerprint density at radius 2 is 0.877 bits per heavy atom. The lowest BCUT2D eigenvalue weighted by Crippen LogP contribution is -2.00. The van der Waals surface area contributed by atoms with Gasteiger partial charge >= 0.3 is 0 Å². The average Bonchev–Trinajstić information content (AvgIpc) is 3.96. The van der Waals surface area contributed by atoms with Gasteiger partial charge in [-0.05, 0) is 65.7 Å². The molecule has 0 aliphatic heterocycles. The van der Waals surface area contributed by atoms with Gasteiger partial charge in [-0.1, -0.05) is 127 Å². The third-order valence-electron chi connectivity index (χ3n) is 11.1. The molecule has 0 radical (unpaired) electrons. The number of benzene rings is 8. The molecule has 0 saturated carbocycles. The molecule has 4 heterocycles. The van der Waals surface area contributed by atoms with Crippen LogP contribution in [0.4, 0.5) is 0 Å². The van der Waals surface area contributed by atoms with Crippen LogP contribution in [0.1, 0.15) is 0 Å². The molecule has 0 aliphatic rings. The normalized spacial score (nSPS) is 11.9. The predicted octanol–water partition coefficient (Wildman–Crippen LogP) is 13.4. The van der Waals surface area contributed by atoms with Gasteiger partial charge in [-0.25, -0.2) is 15.0 Å². The van der Waals surface area contributed by atoms with E-state index in [1.54, 1.807) is 0 Å². The van der Waals surface area contributed by atoms with E-state index < -0.39 is 0 Å². The Hall–Kier alpha value is -7.83. The fraction of sp³-hybridized carbons (Fsp3) is 0. The fourth-order valence-electron chi connectivity index (χ4n) is 8.45. The van der Waals surface area contributed by atoms with Crippen molar-refractivity contribution in [1.29, 1.82) is 0 Å². The number of nitrogens with zero attached hydrogens (tertiary/aromatic N) is 4. The number of aromatic nitrogens is 4. The van der Waals surface area contributed by atoms with Gasteiger partial charge in [0.1, 0.15) is 16.7 Å². The molecule has 0 aliphatic carbocycles. The maximum Gasteiger partial charge on any atom is 0.164 e. The van der Waals surface area contributed by atoms with Crippen LogP contribution in [0.15, 0.2) is 191 Å². The second-order valence-electron chi connectivity index (χ2n) is 14.4. The Morgan fingerprint density at radius 1 is 0.351 bits per heavy atom. The zero-order chi connectivity index (χ0) is 37.5. The summed E-state index contributed by atoms with van der Waals surface area (Å²) in [5.41, 5.74) is 11.5. The molecule has 266 valence electrons. The molecule has 0 fully saturated rings. The smallest absolute Gasteiger partial charge is 0.164 e. The maximum absolute atomic E-state index is 6.80. The first-order chi connectivity index (χ1) is 28.2. The van der Waals surface area contributed by atoms with Gasteiger partial charge in [-0.15, -0.1) is 0 Å². The van der Waals surface area contributed by atoms with Crippen molar-refractivity contribution in [2.75, 3.05) is 0 Å². The second kappa shape index (κ2) is 12.3. The van der Waals surface area contributed by atoms with E-state index in [4.69, 9.17) is 23.8 Å². The van der Waals surface area contributed by atoms with Crippen molar-refractivity contribution in [3.05, 3.63) is 182 Å². The summed E-state index contributed by atoms with van der Waals surface area (Å²) < 4.78 is 15.5. The highest BCUT2D eigenvalue weighted by Gasteiger charge is 2.20. The summed E-state index contributed by atoms with van der Waals surface area (Å²) in [4.78, 5) is 14.9. The lowest BCUT2D eigenvalue weighted by atomic mass is 9.97. The highest BCUT2D eigenvalue weighted by molar-refractivity contribution is 6.17. The topological polar surface area (TPSA) is 69.9 Å². The number of hydrogen-bond donors (Lipinski definition) is 0. The molecule has 8 aromatic carbocycles.